The standard InChI is InChI=1S/C23H29N3O2/c1-18-8-6-7-11-20(18)16-26-14-12-21(13-15-26)24-22(27)17-25(2)23(28)19-9-4-3-5-10-19/h3-11,21H,12-17H2,1-2H3,(H,24,27). The number of amides is 2. The van der Waals surface area contributed by atoms with Gasteiger partial charge in [-0.05, 0) is 43.0 Å². The van der Waals surface area contributed by atoms with Crippen LogP contribution in [0.15, 0.2) is 54.6 Å². The van der Waals surface area contributed by atoms with Crippen molar-refractivity contribution in [1.29, 1.82) is 0 Å². The van der Waals surface area contributed by atoms with Gasteiger partial charge in [-0.2, -0.15) is 0 Å². The molecular formula is C23H29N3O2. The molecule has 1 saturated heterocycles. The van der Waals surface area contributed by atoms with Crippen molar-refractivity contribution in [1.82, 2.24) is 15.1 Å². The van der Waals surface area contributed by atoms with Gasteiger partial charge in [-0.25, -0.2) is 0 Å². The quantitative estimate of drug-likeness (QED) is 0.840. The van der Waals surface area contributed by atoms with Crippen LogP contribution in [-0.4, -0.2) is 54.3 Å². The average Bonchev–Trinajstić information content (AvgIpc) is 2.71. The van der Waals surface area contributed by atoms with E-state index in [2.05, 4.69) is 41.4 Å². The molecule has 0 saturated carbocycles. The molecule has 1 N–H and O–H groups in total. The van der Waals surface area contributed by atoms with Crippen molar-refractivity contribution >= 4 is 11.8 Å². The fourth-order valence-corrected chi connectivity index (χ4v) is 3.63. The molecule has 28 heavy (non-hydrogen) atoms. The number of rotatable bonds is 6. The smallest absolute Gasteiger partial charge is 0.254 e. The second-order valence-corrected chi connectivity index (χ2v) is 7.57. The summed E-state index contributed by atoms with van der Waals surface area (Å²) in [6.07, 6.45) is 1.88. The third-order valence-electron chi connectivity index (χ3n) is 5.36. The first-order valence-corrected chi connectivity index (χ1v) is 9.89. The highest BCUT2D eigenvalue weighted by atomic mass is 16.2. The van der Waals surface area contributed by atoms with Crippen molar-refractivity contribution in [2.75, 3.05) is 26.7 Å². The van der Waals surface area contributed by atoms with Gasteiger partial charge in [0, 0.05) is 38.3 Å². The van der Waals surface area contributed by atoms with Crippen LogP contribution >= 0.6 is 0 Å². The largest absolute Gasteiger partial charge is 0.352 e. The number of carbonyl (C=O) groups excluding carboxylic acids is 2. The van der Waals surface area contributed by atoms with Gasteiger partial charge in [0.25, 0.3) is 5.91 Å². The molecule has 1 aliphatic heterocycles. The lowest BCUT2D eigenvalue weighted by Crippen LogP contribution is -2.47. The van der Waals surface area contributed by atoms with Gasteiger partial charge in [-0.3, -0.25) is 14.5 Å². The van der Waals surface area contributed by atoms with Crippen LogP contribution in [0.2, 0.25) is 0 Å². The number of likely N-dealkylation sites (N-methyl/N-ethyl adjacent to an activating group) is 1. The molecule has 0 unspecified atom stereocenters. The van der Waals surface area contributed by atoms with Crippen LogP contribution in [0.1, 0.15) is 34.3 Å². The molecule has 2 aromatic rings. The molecule has 1 aliphatic rings. The third kappa shape index (κ3) is 5.42. The van der Waals surface area contributed by atoms with E-state index in [0.717, 1.165) is 32.5 Å². The number of nitrogens with zero attached hydrogens (tertiary/aromatic N) is 2. The van der Waals surface area contributed by atoms with Crippen molar-refractivity contribution in [2.45, 2.75) is 32.4 Å². The zero-order valence-electron chi connectivity index (χ0n) is 16.7. The second kappa shape index (κ2) is 9.51. The van der Waals surface area contributed by atoms with Crippen LogP contribution in [0.3, 0.4) is 0 Å². The summed E-state index contributed by atoms with van der Waals surface area (Å²) in [5, 5.41) is 3.09. The summed E-state index contributed by atoms with van der Waals surface area (Å²) in [4.78, 5) is 28.6. The summed E-state index contributed by atoms with van der Waals surface area (Å²) < 4.78 is 0. The van der Waals surface area contributed by atoms with E-state index in [4.69, 9.17) is 0 Å². The summed E-state index contributed by atoms with van der Waals surface area (Å²) >= 11 is 0. The fourth-order valence-electron chi connectivity index (χ4n) is 3.63. The molecule has 3 rings (SSSR count). The van der Waals surface area contributed by atoms with Crippen molar-refractivity contribution in [3.05, 3.63) is 71.3 Å². The molecule has 2 aromatic carbocycles. The van der Waals surface area contributed by atoms with Crippen LogP contribution in [-0.2, 0) is 11.3 Å². The minimum absolute atomic E-state index is 0.0805. The Hall–Kier alpha value is -2.66. The maximum atomic E-state index is 12.4. The van der Waals surface area contributed by atoms with E-state index >= 15 is 0 Å². The Kier molecular flexibility index (Phi) is 6.82. The first-order valence-electron chi connectivity index (χ1n) is 9.89. The Bertz CT molecular complexity index is 799. The van der Waals surface area contributed by atoms with Crippen LogP contribution < -0.4 is 5.32 Å². The van der Waals surface area contributed by atoms with Gasteiger partial charge in [0.05, 0.1) is 6.54 Å². The average molecular weight is 380 g/mol. The predicted molar refractivity (Wildman–Crippen MR) is 111 cm³/mol. The molecule has 1 fully saturated rings. The first-order chi connectivity index (χ1) is 13.5. The molecule has 148 valence electrons. The molecule has 0 atom stereocenters. The second-order valence-electron chi connectivity index (χ2n) is 7.57. The van der Waals surface area contributed by atoms with E-state index in [-0.39, 0.29) is 24.4 Å². The molecule has 2 amide bonds. The number of hydrogen-bond acceptors (Lipinski definition) is 3. The molecule has 0 spiro atoms. The molecule has 0 radical (unpaired) electrons. The summed E-state index contributed by atoms with van der Waals surface area (Å²) in [6, 6.07) is 17.7. The monoisotopic (exact) mass is 379 g/mol. The normalized spacial score (nSPS) is 15.2. The topological polar surface area (TPSA) is 52.7 Å². The number of aryl methyl sites for hydroxylation is 1. The van der Waals surface area contributed by atoms with Gasteiger partial charge in [0.1, 0.15) is 0 Å². The summed E-state index contributed by atoms with van der Waals surface area (Å²) in [5.74, 6) is -0.229. The van der Waals surface area contributed by atoms with Gasteiger partial charge in [0.2, 0.25) is 5.91 Å². The van der Waals surface area contributed by atoms with Crippen molar-refractivity contribution < 1.29 is 9.59 Å². The fraction of sp³-hybridized carbons (Fsp3) is 0.391. The Morgan fingerprint density at radius 3 is 2.36 bits per heavy atom. The number of benzene rings is 2. The van der Waals surface area contributed by atoms with Gasteiger partial charge >= 0.3 is 0 Å². The van der Waals surface area contributed by atoms with Gasteiger partial charge in [-0.1, -0.05) is 42.5 Å². The van der Waals surface area contributed by atoms with Gasteiger partial charge in [-0.15, -0.1) is 0 Å². The summed E-state index contributed by atoms with van der Waals surface area (Å²) in [6.45, 7) is 5.13. The predicted octanol–water partition coefficient (Wildman–Crippen LogP) is 2.85. The molecule has 0 bridgehead atoms. The molecule has 1 heterocycles. The van der Waals surface area contributed by atoms with Crippen molar-refractivity contribution in [2.24, 2.45) is 0 Å². The minimum atomic E-state index is -0.135. The number of piperidine rings is 1. The van der Waals surface area contributed by atoms with Crippen LogP contribution in [0.25, 0.3) is 0 Å². The number of carbonyl (C=O) groups is 2. The van der Waals surface area contributed by atoms with E-state index < -0.39 is 0 Å². The van der Waals surface area contributed by atoms with Gasteiger partial charge < -0.3 is 10.2 Å². The van der Waals surface area contributed by atoms with E-state index in [1.807, 2.05) is 18.2 Å². The number of likely N-dealkylation sites (tertiary alicyclic amines) is 1. The maximum Gasteiger partial charge on any atom is 0.254 e. The Labute approximate surface area is 167 Å². The highest BCUT2D eigenvalue weighted by Gasteiger charge is 2.22. The van der Waals surface area contributed by atoms with Gasteiger partial charge in [0.15, 0.2) is 0 Å². The minimum Gasteiger partial charge on any atom is -0.352 e. The van der Waals surface area contributed by atoms with Crippen molar-refractivity contribution in [3.8, 4) is 0 Å². The van der Waals surface area contributed by atoms with Crippen LogP contribution in [0.4, 0.5) is 0 Å². The summed E-state index contributed by atoms with van der Waals surface area (Å²) in [5.41, 5.74) is 3.29. The Morgan fingerprint density at radius 2 is 1.68 bits per heavy atom. The lowest BCUT2D eigenvalue weighted by atomic mass is 10.0. The lowest BCUT2D eigenvalue weighted by Gasteiger charge is -2.33. The lowest BCUT2D eigenvalue weighted by molar-refractivity contribution is -0.122. The molecule has 0 aromatic heterocycles. The van der Waals surface area contributed by atoms with Crippen LogP contribution in [0.5, 0.6) is 0 Å². The van der Waals surface area contributed by atoms with E-state index in [9.17, 15) is 9.59 Å². The number of nitrogens with one attached hydrogen (secondary N) is 1. The zero-order valence-corrected chi connectivity index (χ0v) is 16.7. The number of hydrogen-bond donors (Lipinski definition) is 1. The maximum absolute atomic E-state index is 12.4. The summed E-state index contributed by atoms with van der Waals surface area (Å²) in [7, 11) is 1.67. The highest BCUT2D eigenvalue weighted by molar-refractivity contribution is 5.96. The van der Waals surface area contributed by atoms with Crippen LogP contribution in [0, 0.1) is 6.92 Å². The first kappa shape index (κ1) is 20.1. The van der Waals surface area contributed by atoms with E-state index in [1.54, 1.807) is 19.2 Å². The SMILES string of the molecule is Cc1ccccc1CN1CCC(NC(=O)CN(C)C(=O)c2ccccc2)CC1. The van der Waals surface area contributed by atoms with Crippen molar-refractivity contribution in [3.63, 3.8) is 0 Å². The Morgan fingerprint density at radius 1 is 1.04 bits per heavy atom. The third-order valence-corrected chi connectivity index (χ3v) is 5.36. The van der Waals surface area contributed by atoms with E-state index in [1.165, 1.54) is 16.0 Å². The Balaban J connectivity index is 1.42. The zero-order chi connectivity index (χ0) is 19.9. The molecule has 5 nitrogen and oxygen atoms in total. The molecule has 5 heteroatoms. The molecular weight excluding hydrogens is 350 g/mol. The molecule has 0 aliphatic carbocycles. The van der Waals surface area contributed by atoms with E-state index in [0.29, 0.717) is 5.56 Å². The highest BCUT2D eigenvalue weighted by Crippen LogP contribution is 2.16.